The second-order valence-electron chi connectivity index (χ2n) is 4.60. The average molecular weight is 266 g/mol. The minimum Gasteiger partial charge on any atom is -0.351 e. The molecule has 0 radical (unpaired) electrons. The lowest BCUT2D eigenvalue weighted by Gasteiger charge is -2.26. The third-order valence-corrected chi connectivity index (χ3v) is 3.94. The standard InChI is InChI=1S/C14H22N2OS/c1-4-18-10-11(2)16-13(17)14(3,15)12-8-6-5-7-9-12/h5-9,11H,4,10,15H2,1-3H3,(H,16,17). The first kappa shape index (κ1) is 15.1. The molecule has 0 bridgehead atoms. The van der Waals surface area contributed by atoms with E-state index in [1.165, 1.54) is 0 Å². The second kappa shape index (κ2) is 6.81. The number of benzene rings is 1. The molecular weight excluding hydrogens is 244 g/mol. The zero-order valence-electron chi connectivity index (χ0n) is 11.3. The van der Waals surface area contributed by atoms with Gasteiger partial charge in [0.2, 0.25) is 5.91 Å². The summed E-state index contributed by atoms with van der Waals surface area (Å²) in [5.74, 6) is 1.84. The average Bonchev–Trinajstić information content (AvgIpc) is 2.37. The Bertz CT molecular complexity index is 379. The van der Waals surface area contributed by atoms with Crippen LogP contribution in [-0.4, -0.2) is 23.5 Å². The molecule has 18 heavy (non-hydrogen) atoms. The van der Waals surface area contributed by atoms with E-state index in [2.05, 4.69) is 12.2 Å². The van der Waals surface area contributed by atoms with E-state index in [0.717, 1.165) is 17.1 Å². The number of hydrogen-bond donors (Lipinski definition) is 2. The van der Waals surface area contributed by atoms with E-state index < -0.39 is 5.54 Å². The van der Waals surface area contributed by atoms with E-state index in [4.69, 9.17) is 5.73 Å². The predicted molar refractivity (Wildman–Crippen MR) is 78.6 cm³/mol. The first-order valence-corrected chi connectivity index (χ1v) is 7.37. The van der Waals surface area contributed by atoms with Gasteiger partial charge in [0, 0.05) is 11.8 Å². The lowest BCUT2D eigenvalue weighted by atomic mass is 9.92. The van der Waals surface area contributed by atoms with Crippen molar-refractivity contribution in [2.75, 3.05) is 11.5 Å². The fourth-order valence-corrected chi connectivity index (χ4v) is 2.30. The molecule has 0 saturated carbocycles. The first-order chi connectivity index (χ1) is 8.48. The Hall–Kier alpha value is -1.00. The third kappa shape index (κ3) is 4.03. The summed E-state index contributed by atoms with van der Waals surface area (Å²) < 4.78 is 0. The number of rotatable bonds is 6. The number of carbonyl (C=O) groups is 1. The van der Waals surface area contributed by atoms with Gasteiger partial charge in [0.25, 0.3) is 0 Å². The molecule has 100 valence electrons. The van der Waals surface area contributed by atoms with Crippen molar-refractivity contribution < 1.29 is 4.79 Å². The van der Waals surface area contributed by atoms with Gasteiger partial charge in [-0.15, -0.1) is 0 Å². The summed E-state index contributed by atoms with van der Waals surface area (Å²) in [7, 11) is 0. The SMILES string of the molecule is CCSCC(C)NC(=O)C(C)(N)c1ccccc1. The van der Waals surface area contributed by atoms with Crippen LogP contribution in [0.2, 0.25) is 0 Å². The molecule has 2 unspecified atom stereocenters. The molecular formula is C14H22N2OS. The van der Waals surface area contributed by atoms with E-state index in [1.54, 1.807) is 6.92 Å². The van der Waals surface area contributed by atoms with Gasteiger partial charge in [0.05, 0.1) is 0 Å². The van der Waals surface area contributed by atoms with Crippen LogP contribution in [0.25, 0.3) is 0 Å². The van der Waals surface area contributed by atoms with Gasteiger partial charge in [-0.3, -0.25) is 4.79 Å². The summed E-state index contributed by atoms with van der Waals surface area (Å²) in [5.41, 5.74) is 5.99. The lowest BCUT2D eigenvalue weighted by Crippen LogP contribution is -2.51. The van der Waals surface area contributed by atoms with Crippen LogP contribution >= 0.6 is 11.8 Å². The zero-order valence-corrected chi connectivity index (χ0v) is 12.1. The quantitative estimate of drug-likeness (QED) is 0.829. The van der Waals surface area contributed by atoms with Gasteiger partial charge in [0.1, 0.15) is 5.54 Å². The van der Waals surface area contributed by atoms with Crippen LogP contribution in [0.4, 0.5) is 0 Å². The molecule has 1 amide bonds. The molecule has 0 aliphatic rings. The van der Waals surface area contributed by atoms with Crippen LogP contribution in [0.3, 0.4) is 0 Å². The van der Waals surface area contributed by atoms with E-state index in [1.807, 2.05) is 49.0 Å². The van der Waals surface area contributed by atoms with Gasteiger partial charge in [0.15, 0.2) is 0 Å². The molecule has 0 spiro atoms. The molecule has 1 aromatic carbocycles. The molecule has 1 rings (SSSR count). The molecule has 4 heteroatoms. The summed E-state index contributed by atoms with van der Waals surface area (Å²) in [4.78, 5) is 12.2. The van der Waals surface area contributed by atoms with Crippen LogP contribution in [0, 0.1) is 0 Å². The Morgan fingerprint density at radius 3 is 2.61 bits per heavy atom. The Morgan fingerprint density at radius 2 is 2.06 bits per heavy atom. The number of carbonyl (C=O) groups excluding carboxylic acids is 1. The van der Waals surface area contributed by atoms with Crippen LogP contribution < -0.4 is 11.1 Å². The summed E-state index contributed by atoms with van der Waals surface area (Å²) in [6.07, 6.45) is 0. The molecule has 0 fully saturated rings. The van der Waals surface area contributed by atoms with Crippen molar-refractivity contribution >= 4 is 17.7 Å². The lowest BCUT2D eigenvalue weighted by molar-refractivity contribution is -0.126. The zero-order chi connectivity index (χ0) is 13.6. The highest BCUT2D eigenvalue weighted by Gasteiger charge is 2.30. The van der Waals surface area contributed by atoms with Crippen LogP contribution in [0.5, 0.6) is 0 Å². The van der Waals surface area contributed by atoms with Crippen molar-refractivity contribution in [1.29, 1.82) is 0 Å². The smallest absolute Gasteiger partial charge is 0.244 e. The highest BCUT2D eigenvalue weighted by molar-refractivity contribution is 7.99. The van der Waals surface area contributed by atoms with Crippen molar-refractivity contribution in [3.05, 3.63) is 35.9 Å². The Labute approximate surface area is 114 Å². The van der Waals surface area contributed by atoms with Crippen molar-refractivity contribution in [1.82, 2.24) is 5.32 Å². The molecule has 0 aliphatic heterocycles. The molecule has 1 aromatic rings. The van der Waals surface area contributed by atoms with Crippen LogP contribution in [0.15, 0.2) is 30.3 Å². The highest BCUT2D eigenvalue weighted by atomic mass is 32.2. The number of amides is 1. The maximum absolute atomic E-state index is 12.2. The maximum Gasteiger partial charge on any atom is 0.244 e. The Morgan fingerprint density at radius 1 is 1.44 bits per heavy atom. The molecule has 2 atom stereocenters. The predicted octanol–water partition coefficient (Wildman–Crippen LogP) is 2.12. The van der Waals surface area contributed by atoms with Gasteiger partial charge < -0.3 is 11.1 Å². The molecule has 0 heterocycles. The number of nitrogens with two attached hydrogens (primary N) is 1. The Kier molecular flexibility index (Phi) is 5.69. The number of hydrogen-bond acceptors (Lipinski definition) is 3. The summed E-state index contributed by atoms with van der Waals surface area (Å²) in [5, 5.41) is 2.97. The monoisotopic (exact) mass is 266 g/mol. The van der Waals surface area contributed by atoms with Crippen LogP contribution in [0.1, 0.15) is 26.3 Å². The second-order valence-corrected chi connectivity index (χ2v) is 5.92. The van der Waals surface area contributed by atoms with Gasteiger partial charge >= 0.3 is 0 Å². The largest absolute Gasteiger partial charge is 0.351 e. The molecule has 0 saturated heterocycles. The summed E-state index contributed by atoms with van der Waals surface area (Å²) >= 11 is 1.81. The van der Waals surface area contributed by atoms with Crippen LogP contribution in [-0.2, 0) is 10.3 Å². The van der Waals surface area contributed by atoms with E-state index >= 15 is 0 Å². The normalized spacial score (nSPS) is 15.8. The van der Waals surface area contributed by atoms with Gasteiger partial charge in [-0.2, -0.15) is 11.8 Å². The maximum atomic E-state index is 12.2. The minimum atomic E-state index is -0.980. The van der Waals surface area contributed by atoms with Crippen molar-refractivity contribution in [3.63, 3.8) is 0 Å². The third-order valence-electron chi connectivity index (χ3n) is 2.79. The molecule has 0 aliphatic carbocycles. The molecule has 3 nitrogen and oxygen atoms in total. The van der Waals surface area contributed by atoms with Gasteiger partial charge in [-0.25, -0.2) is 0 Å². The van der Waals surface area contributed by atoms with Gasteiger partial charge in [-0.1, -0.05) is 37.3 Å². The van der Waals surface area contributed by atoms with E-state index in [0.29, 0.717) is 0 Å². The topological polar surface area (TPSA) is 55.1 Å². The number of nitrogens with one attached hydrogen (secondary N) is 1. The molecule has 0 aromatic heterocycles. The highest BCUT2D eigenvalue weighted by Crippen LogP contribution is 2.17. The summed E-state index contributed by atoms with van der Waals surface area (Å²) in [6, 6.07) is 9.59. The summed E-state index contributed by atoms with van der Waals surface area (Å²) in [6.45, 7) is 5.86. The van der Waals surface area contributed by atoms with Gasteiger partial charge in [-0.05, 0) is 25.2 Å². The van der Waals surface area contributed by atoms with Crippen molar-refractivity contribution in [2.24, 2.45) is 5.73 Å². The fourth-order valence-electron chi connectivity index (χ4n) is 1.63. The fraction of sp³-hybridized carbons (Fsp3) is 0.500. The molecule has 3 N–H and O–H groups in total. The number of thioether (sulfide) groups is 1. The van der Waals surface area contributed by atoms with Crippen molar-refractivity contribution in [3.8, 4) is 0 Å². The van der Waals surface area contributed by atoms with E-state index in [-0.39, 0.29) is 11.9 Å². The first-order valence-electron chi connectivity index (χ1n) is 6.21. The van der Waals surface area contributed by atoms with E-state index in [9.17, 15) is 4.79 Å². The van der Waals surface area contributed by atoms with Crippen molar-refractivity contribution in [2.45, 2.75) is 32.4 Å². The Balaban J connectivity index is 2.65. The minimum absolute atomic E-state index is 0.127.